The second-order valence-corrected chi connectivity index (χ2v) is 10.9. The minimum atomic E-state index is -3.54. The van der Waals surface area contributed by atoms with Gasteiger partial charge in [-0.15, -0.1) is 0 Å². The summed E-state index contributed by atoms with van der Waals surface area (Å²) in [6.07, 6.45) is 7.12. The van der Waals surface area contributed by atoms with Gasteiger partial charge in [-0.05, 0) is 64.0 Å². The van der Waals surface area contributed by atoms with Gasteiger partial charge in [-0.1, -0.05) is 26.7 Å². The number of rotatable bonds is 12. The lowest BCUT2D eigenvalue weighted by atomic mass is 10.2. The van der Waals surface area contributed by atoms with Crippen LogP contribution in [0.1, 0.15) is 65.1 Å². The molecule has 2 aromatic rings. The number of likely N-dealkylation sites (tertiary alicyclic amines) is 1. The number of aromatic nitrogens is 2. The van der Waals surface area contributed by atoms with Crippen LogP contribution in [0, 0.1) is 0 Å². The summed E-state index contributed by atoms with van der Waals surface area (Å²) in [5.74, 6) is 0.852. The summed E-state index contributed by atoms with van der Waals surface area (Å²) in [6.45, 7) is 11.4. The largest absolute Gasteiger partial charge is 0.356 e. The number of carbonyl (C=O) groups is 1. The average Bonchev–Trinajstić information content (AvgIpc) is 2.97. The predicted octanol–water partition coefficient (Wildman–Crippen LogP) is 3.40. The van der Waals surface area contributed by atoms with Crippen LogP contribution >= 0.6 is 0 Å². The topological polar surface area (TPSA) is 87.5 Å². The Morgan fingerprint density at radius 2 is 1.79 bits per heavy atom. The maximum absolute atomic E-state index is 12.9. The molecular formula is C25H41N5O3S. The smallest absolute Gasteiger partial charge is 0.243 e. The predicted molar refractivity (Wildman–Crippen MR) is 136 cm³/mol. The highest BCUT2D eigenvalue weighted by Crippen LogP contribution is 2.23. The lowest BCUT2D eigenvalue weighted by Gasteiger charge is -2.19. The third-order valence-corrected chi connectivity index (χ3v) is 8.75. The van der Waals surface area contributed by atoms with Crippen molar-refractivity contribution in [3.63, 3.8) is 0 Å². The first kappa shape index (κ1) is 26.6. The third kappa shape index (κ3) is 6.58. The van der Waals surface area contributed by atoms with Crippen molar-refractivity contribution in [3.05, 3.63) is 24.0 Å². The normalized spacial score (nSPS) is 15.6. The monoisotopic (exact) mass is 491 g/mol. The molecule has 1 amide bonds. The summed E-state index contributed by atoms with van der Waals surface area (Å²) in [5.41, 5.74) is 1.55. The molecule has 190 valence electrons. The molecule has 0 atom stereocenters. The van der Waals surface area contributed by atoms with Crippen LogP contribution < -0.4 is 5.32 Å². The van der Waals surface area contributed by atoms with E-state index in [2.05, 4.69) is 14.8 Å². The molecule has 1 aliphatic rings. The number of hydrogen-bond acceptors (Lipinski definition) is 5. The van der Waals surface area contributed by atoms with Gasteiger partial charge < -0.3 is 14.8 Å². The number of hydrogen-bond donors (Lipinski definition) is 1. The zero-order chi connectivity index (χ0) is 24.6. The van der Waals surface area contributed by atoms with E-state index in [0.717, 1.165) is 24.3 Å². The number of nitrogens with one attached hydrogen (secondary N) is 1. The molecule has 34 heavy (non-hydrogen) atoms. The Morgan fingerprint density at radius 3 is 2.44 bits per heavy atom. The molecule has 1 N–H and O–H groups in total. The van der Waals surface area contributed by atoms with Crippen molar-refractivity contribution in [1.82, 2.24) is 24.1 Å². The summed E-state index contributed by atoms with van der Waals surface area (Å²) < 4.78 is 29.3. The van der Waals surface area contributed by atoms with E-state index >= 15 is 0 Å². The second-order valence-electron chi connectivity index (χ2n) is 8.97. The van der Waals surface area contributed by atoms with E-state index in [-0.39, 0.29) is 10.8 Å². The van der Waals surface area contributed by atoms with Gasteiger partial charge in [-0.3, -0.25) is 4.79 Å². The summed E-state index contributed by atoms with van der Waals surface area (Å²) in [5, 5.41) is 3.05. The van der Waals surface area contributed by atoms with Crippen molar-refractivity contribution in [3.8, 4) is 0 Å². The molecule has 0 aliphatic carbocycles. The number of benzene rings is 1. The molecule has 0 radical (unpaired) electrons. The Balaban J connectivity index is 1.58. The van der Waals surface area contributed by atoms with Crippen molar-refractivity contribution in [2.24, 2.45) is 0 Å². The van der Waals surface area contributed by atoms with Crippen LogP contribution in [0.4, 0.5) is 0 Å². The van der Waals surface area contributed by atoms with Gasteiger partial charge >= 0.3 is 0 Å². The van der Waals surface area contributed by atoms with Crippen LogP contribution in [0.15, 0.2) is 23.1 Å². The van der Waals surface area contributed by atoms with Gasteiger partial charge in [0.2, 0.25) is 15.9 Å². The van der Waals surface area contributed by atoms with Crippen molar-refractivity contribution >= 4 is 27.0 Å². The molecular weight excluding hydrogens is 450 g/mol. The Labute approximate surface area is 204 Å². The molecule has 0 spiro atoms. The van der Waals surface area contributed by atoms with Crippen LogP contribution in [0.25, 0.3) is 11.0 Å². The number of aryl methyl sites for hydroxylation is 2. The molecule has 8 nitrogen and oxygen atoms in total. The number of imidazole rings is 1. The molecule has 1 saturated heterocycles. The second kappa shape index (κ2) is 12.7. The zero-order valence-electron chi connectivity index (χ0n) is 21.1. The molecule has 2 heterocycles. The SMILES string of the molecule is CCN(CC)S(=O)(=O)c1ccc2c(c1)nc(CCC(=O)NCCCN1CCCCCC1)n2CC. The van der Waals surface area contributed by atoms with Gasteiger partial charge in [0.25, 0.3) is 0 Å². The highest BCUT2D eigenvalue weighted by Gasteiger charge is 2.23. The number of carbonyl (C=O) groups excluding carboxylic acids is 1. The Kier molecular flexibility index (Phi) is 9.91. The van der Waals surface area contributed by atoms with Crippen molar-refractivity contribution < 1.29 is 13.2 Å². The van der Waals surface area contributed by atoms with Gasteiger partial charge in [-0.25, -0.2) is 13.4 Å². The van der Waals surface area contributed by atoms with Gasteiger partial charge in [0.05, 0.1) is 15.9 Å². The van der Waals surface area contributed by atoms with Gasteiger partial charge in [-0.2, -0.15) is 4.31 Å². The molecule has 1 fully saturated rings. The molecule has 1 aromatic carbocycles. The van der Waals surface area contributed by atoms with E-state index in [9.17, 15) is 13.2 Å². The third-order valence-electron chi connectivity index (χ3n) is 6.71. The molecule has 0 unspecified atom stereocenters. The lowest BCUT2D eigenvalue weighted by Crippen LogP contribution is -2.30. The first-order valence-electron chi connectivity index (χ1n) is 12.9. The van der Waals surface area contributed by atoms with E-state index in [1.54, 1.807) is 12.1 Å². The molecule has 3 rings (SSSR count). The summed E-state index contributed by atoms with van der Waals surface area (Å²) in [6, 6.07) is 5.14. The highest BCUT2D eigenvalue weighted by atomic mass is 32.2. The minimum absolute atomic E-state index is 0.0374. The van der Waals surface area contributed by atoms with Crippen molar-refractivity contribution in [1.29, 1.82) is 0 Å². The number of fused-ring (bicyclic) bond motifs is 1. The Bertz CT molecular complexity index is 1040. The van der Waals surface area contributed by atoms with E-state index in [1.165, 1.54) is 43.1 Å². The minimum Gasteiger partial charge on any atom is -0.356 e. The Hall–Kier alpha value is -1.97. The number of sulfonamides is 1. The molecule has 1 aromatic heterocycles. The van der Waals surface area contributed by atoms with Gasteiger partial charge in [0.1, 0.15) is 5.82 Å². The molecule has 0 bridgehead atoms. The van der Waals surface area contributed by atoms with E-state index in [0.29, 0.717) is 44.5 Å². The maximum Gasteiger partial charge on any atom is 0.243 e. The Morgan fingerprint density at radius 1 is 1.09 bits per heavy atom. The van der Waals surface area contributed by atoms with Gasteiger partial charge in [0.15, 0.2) is 0 Å². The summed E-state index contributed by atoms with van der Waals surface area (Å²) >= 11 is 0. The average molecular weight is 492 g/mol. The van der Waals surface area contributed by atoms with E-state index in [4.69, 9.17) is 4.98 Å². The number of amides is 1. The highest BCUT2D eigenvalue weighted by molar-refractivity contribution is 7.89. The van der Waals surface area contributed by atoms with E-state index in [1.807, 2.05) is 26.8 Å². The van der Waals surface area contributed by atoms with Crippen LogP contribution in [0.3, 0.4) is 0 Å². The first-order valence-corrected chi connectivity index (χ1v) is 14.3. The number of nitrogens with zero attached hydrogens (tertiary/aromatic N) is 4. The van der Waals surface area contributed by atoms with Crippen LogP contribution in [0.2, 0.25) is 0 Å². The fourth-order valence-corrected chi connectivity index (χ4v) is 6.26. The molecule has 0 saturated carbocycles. The van der Waals surface area contributed by atoms with Crippen LogP contribution in [-0.4, -0.2) is 72.3 Å². The fraction of sp³-hybridized carbons (Fsp3) is 0.680. The quantitative estimate of drug-likeness (QED) is 0.460. The standard InChI is InChI=1S/C25H41N5O3S/c1-4-29(5-2)34(32,33)21-12-13-23-22(20-21)27-24(30(23)6-3)14-15-25(31)26-16-11-19-28-17-9-7-8-10-18-28/h12-13,20H,4-11,14-19H2,1-3H3,(H,26,31). The lowest BCUT2D eigenvalue weighted by molar-refractivity contribution is -0.121. The van der Waals surface area contributed by atoms with Crippen LogP contribution in [0.5, 0.6) is 0 Å². The van der Waals surface area contributed by atoms with E-state index < -0.39 is 10.0 Å². The zero-order valence-corrected chi connectivity index (χ0v) is 21.9. The molecule has 9 heteroatoms. The molecule has 1 aliphatic heterocycles. The van der Waals surface area contributed by atoms with Crippen molar-refractivity contribution in [2.45, 2.75) is 77.2 Å². The summed E-state index contributed by atoms with van der Waals surface area (Å²) in [7, 11) is -3.54. The van der Waals surface area contributed by atoms with Gasteiger partial charge in [0, 0.05) is 39.0 Å². The maximum atomic E-state index is 12.9. The fourth-order valence-electron chi connectivity index (χ4n) is 4.78. The van der Waals surface area contributed by atoms with Crippen molar-refractivity contribution in [2.75, 3.05) is 39.3 Å². The summed E-state index contributed by atoms with van der Waals surface area (Å²) in [4.78, 5) is 19.9. The first-order chi connectivity index (χ1) is 16.4. The van der Waals surface area contributed by atoms with Crippen LogP contribution in [-0.2, 0) is 27.8 Å².